The Balaban J connectivity index is 1.71. The van der Waals surface area contributed by atoms with Crippen molar-refractivity contribution in [3.05, 3.63) is 42.1 Å². The number of ether oxygens (including phenoxy) is 3. The van der Waals surface area contributed by atoms with E-state index in [0.29, 0.717) is 25.8 Å². The third-order valence-electron chi connectivity index (χ3n) is 2.95. The maximum atomic E-state index is 11.1. The number of esters is 1. The lowest BCUT2D eigenvalue weighted by molar-refractivity contribution is -0.137. The van der Waals surface area contributed by atoms with Gasteiger partial charge in [-0.05, 0) is 25.5 Å². The average molecular weight is 304 g/mol. The van der Waals surface area contributed by atoms with Gasteiger partial charge in [-0.25, -0.2) is 9.79 Å². The van der Waals surface area contributed by atoms with Crippen molar-refractivity contribution >= 4 is 12.0 Å². The van der Waals surface area contributed by atoms with Crippen LogP contribution in [0.15, 0.2) is 41.5 Å². The highest BCUT2D eigenvalue weighted by Crippen LogP contribution is 2.17. The van der Waals surface area contributed by atoms with E-state index in [-0.39, 0.29) is 6.10 Å². The second kappa shape index (κ2) is 8.07. The molecule has 1 aliphatic heterocycles. The third-order valence-corrected chi connectivity index (χ3v) is 2.95. The van der Waals surface area contributed by atoms with E-state index in [1.807, 2.05) is 31.2 Å². The van der Waals surface area contributed by atoms with Crippen molar-refractivity contribution < 1.29 is 19.0 Å². The van der Waals surface area contributed by atoms with Gasteiger partial charge in [0, 0.05) is 12.3 Å². The Morgan fingerprint density at radius 3 is 3.09 bits per heavy atom. The van der Waals surface area contributed by atoms with E-state index < -0.39 is 5.97 Å². The molecule has 118 valence electrons. The number of aryl methyl sites for hydroxylation is 1. The number of nitrogens with zero attached hydrogens (tertiary/aromatic N) is 1. The first kappa shape index (κ1) is 15.9. The van der Waals surface area contributed by atoms with Crippen LogP contribution in [0.4, 0.5) is 0 Å². The normalized spacial score (nSPS) is 17.0. The van der Waals surface area contributed by atoms with Crippen LogP contribution in [0, 0.1) is 6.92 Å². The van der Waals surface area contributed by atoms with Gasteiger partial charge in [0.1, 0.15) is 12.4 Å². The summed E-state index contributed by atoms with van der Waals surface area (Å²) < 4.78 is 16.1. The second-order valence-corrected chi connectivity index (χ2v) is 4.69. The molecule has 1 atom stereocenters. The van der Waals surface area contributed by atoms with Crippen LogP contribution >= 0.6 is 0 Å². The molecule has 22 heavy (non-hydrogen) atoms. The molecular formula is C16H20N2O4. The number of hydrogen-bond donors (Lipinski definition) is 1. The number of carbonyl (C=O) groups excluding carboxylic acids is 1. The molecule has 1 aromatic carbocycles. The number of amidine groups is 1. The Morgan fingerprint density at radius 1 is 1.50 bits per heavy atom. The summed E-state index contributed by atoms with van der Waals surface area (Å²) in [7, 11) is 0. The van der Waals surface area contributed by atoms with Crippen molar-refractivity contribution in [2.45, 2.75) is 20.0 Å². The fourth-order valence-corrected chi connectivity index (χ4v) is 1.86. The van der Waals surface area contributed by atoms with Gasteiger partial charge in [0.25, 0.3) is 6.02 Å². The van der Waals surface area contributed by atoms with Crippen molar-refractivity contribution in [2.24, 2.45) is 4.99 Å². The molecule has 1 unspecified atom stereocenters. The van der Waals surface area contributed by atoms with Crippen LogP contribution in [-0.4, -0.2) is 37.9 Å². The van der Waals surface area contributed by atoms with Gasteiger partial charge in [0.2, 0.25) is 0 Å². The molecule has 6 heteroatoms. The lowest BCUT2D eigenvalue weighted by Gasteiger charge is -2.13. The Bertz CT molecular complexity index is 569. The van der Waals surface area contributed by atoms with E-state index in [0.717, 1.165) is 11.3 Å². The summed E-state index contributed by atoms with van der Waals surface area (Å²) in [6.45, 7) is 5.03. The zero-order chi connectivity index (χ0) is 15.8. The number of benzene rings is 1. The summed E-state index contributed by atoms with van der Waals surface area (Å²) in [5, 5.41) is 2.80. The van der Waals surface area contributed by atoms with E-state index in [1.54, 1.807) is 6.92 Å². The maximum absolute atomic E-state index is 11.1. The molecule has 0 aromatic heterocycles. The molecule has 0 aliphatic carbocycles. The standard InChI is InChI=1S/C16H20N2O4/c1-3-20-15(19)8-9-17-16-18-10-13(22-16)11-21-14-7-5-4-6-12(14)2/h4-9,13H,3,10-11H2,1-2H3,(H,17,18)/b9-8+. The number of rotatable bonds is 6. The van der Waals surface area contributed by atoms with Gasteiger partial charge in [0.15, 0.2) is 6.10 Å². The molecule has 2 rings (SSSR count). The minimum atomic E-state index is -0.409. The van der Waals surface area contributed by atoms with E-state index in [9.17, 15) is 4.79 Å². The predicted octanol–water partition coefficient (Wildman–Crippen LogP) is 1.80. The van der Waals surface area contributed by atoms with Crippen LogP contribution in [0.1, 0.15) is 12.5 Å². The highest BCUT2D eigenvalue weighted by molar-refractivity contribution is 5.83. The SMILES string of the molecule is CCOC(=O)/C=C/NC1=NCC(COc2ccccc2C)O1. The second-order valence-electron chi connectivity index (χ2n) is 4.69. The van der Waals surface area contributed by atoms with Crippen molar-refractivity contribution in [1.29, 1.82) is 0 Å². The first-order valence-electron chi connectivity index (χ1n) is 7.18. The lowest BCUT2D eigenvalue weighted by Crippen LogP contribution is -2.26. The molecule has 0 spiro atoms. The largest absolute Gasteiger partial charge is 0.489 e. The summed E-state index contributed by atoms with van der Waals surface area (Å²) in [6, 6.07) is 8.19. The number of para-hydroxylation sites is 1. The Kier molecular flexibility index (Phi) is 5.82. The van der Waals surface area contributed by atoms with Crippen molar-refractivity contribution in [1.82, 2.24) is 5.32 Å². The Morgan fingerprint density at radius 2 is 2.32 bits per heavy atom. The quantitative estimate of drug-likeness (QED) is 0.641. The predicted molar refractivity (Wildman–Crippen MR) is 82.8 cm³/mol. The molecule has 1 aromatic rings. The highest BCUT2D eigenvalue weighted by atomic mass is 16.6. The number of aliphatic imine (C=N–C) groups is 1. The van der Waals surface area contributed by atoms with Crippen LogP contribution in [0.25, 0.3) is 0 Å². The van der Waals surface area contributed by atoms with Gasteiger partial charge in [-0.2, -0.15) is 0 Å². The van der Waals surface area contributed by atoms with Crippen molar-refractivity contribution in [3.8, 4) is 5.75 Å². The number of carbonyl (C=O) groups is 1. The smallest absolute Gasteiger partial charge is 0.332 e. The van der Waals surface area contributed by atoms with Crippen molar-refractivity contribution in [3.63, 3.8) is 0 Å². The minimum Gasteiger partial charge on any atom is -0.489 e. The van der Waals surface area contributed by atoms with Crippen molar-refractivity contribution in [2.75, 3.05) is 19.8 Å². The molecule has 1 aliphatic rings. The molecule has 1 N–H and O–H groups in total. The molecule has 0 radical (unpaired) electrons. The van der Waals surface area contributed by atoms with Gasteiger partial charge in [0.05, 0.1) is 13.2 Å². The Hall–Kier alpha value is -2.50. The molecule has 6 nitrogen and oxygen atoms in total. The van der Waals surface area contributed by atoms with E-state index in [4.69, 9.17) is 14.2 Å². The summed E-state index contributed by atoms with van der Waals surface area (Å²) in [6.07, 6.45) is 2.59. The van der Waals surface area contributed by atoms with Crippen LogP contribution in [-0.2, 0) is 14.3 Å². The number of nitrogens with one attached hydrogen (secondary N) is 1. The fraction of sp³-hybridized carbons (Fsp3) is 0.375. The van der Waals surface area contributed by atoms with E-state index in [1.165, 1.54) is 12.3 Å². The van der Waals surface area contributed by atoms with Crippen LogP contribution in [0.5, 0.6) is 5.75 Å². The highest BCUT2D eigenvalue weighted by Gasteiger charge is 2.20. The van der Waals surface area contributed by atoms with E-state index >= 15 is 0 Å². The van der Waals surface area contributed by atoms with Gasteiger partial charge < -0.3 is 19.5 Å². The summed E-state index contributed by atoms with van der Waals surface area (Å²) in [5.74, 6) is 0.433. The monoisotopic (exact) mass is 304 g/mol. The van der Waals surface area contributed by atoms with Crippen LogP contribution in [0.2, 0.25) is 0 Å². The topological polar surface area (TPSA) is 69.2 Å². The molecule has 1 heterocycles. The lowest BCUT2D eigenvalue weighted by atomic mass is 10.2. The van der Waals surface area contributed by atoms with Gasteiger partial charge in [-0.3, -0.25) is 0 Å². The Labute approximate surface area is 129 Å². The first-order valence-corrected chi connectivity index (χ1v) is 7.18. The average Bonchev–Trinajstić information content (AvgIpc) is 2.95. The summed E-state index contributed by atoms with van der Waals surface area (Å²) in [5.41, 5.74) is 1.08. The minimum absolute atomic E-state index is 0.141. The molecule has 0 fully saturated rings. The molecule has 0 bridgehead atoms. The first-order chi connectivity index (χ1) is 10.7. The maximum Gasteiger partial charge on any atom is 0.332 e. The summed E-state index contributed by atoms with van der Waals surface area (Å²) >= 11 is 0. The molecular weight excluding hydrogens is 284 g/mol. The molecule has 0 saturated heterocycles. The fourth-order valence-electron chi connectivity index (χ4n) is 1.86. The van der Waals surface area contributed by atoms with Crippen LogP contribution in [0.3, 0.4) is 0 Å². The molecule has 0 amide bonds. The summed E-state index contributed by atoms with van der Waals surface area (Å²) in [4.78, 5) is 15.3. The van der Waals surface area contributed by atoms with E-state index in [2.05, 4.69) is 10.3 Å². The number of hydrogen-bond acceptors (Lipinski definition) is 6. The van der Waals surface area contributed by atoms with Gasteiger partial charge in [-0.15, -0.1) is 0 Å². The zero-order valence-corrected chi connectivity index (χ0v) is 12.7. The molecule has 0 saturated carbocycles. The zero-order valence-electron chi connectivity index (χ0n) is 12.7. The van der Waals surface area contributed by atoms with Gasteiger partial charge >= 0.3 is 5.97 Å². The van der Waals surface area contributed by atoms with Crippen LogP contribution < -0.4 is 10.1 Å². The van der Waals surface area contributed by atoms with Gasteiger partial charge in [-0.1, -0.05) is 18.2 Å². The third kappa shape index (κ3) is 4.80.